The van der Waals surface area contributed by atoms with Gasteiger partial charge in [0.1, 0.15) is 0 Å². The molecule has 0 saturated carbocycles. The van der Waals surface area contributed by atoms with Crippen LogP contribution in [-0.4, -0.2) is 13.7 Å². The average molecular weight is 221 g/mol. The third-order valence-corrected chi connectivity index (χ3v) is 2.27. The molecule has 1 atom stereocenters. The van der Waals surface area contributed by atoms with E-state index >= 15 is 0 Å². The maximum absolute atomic E-state index is 13.4. The molecule has 0 aliphatic rings. The van der Waals surface area contributed by atoms with Gasteiger partial charge in [-0.3, -0.25) is 0 Å². The first-order chi connectivity index (χ1) is 7.72. The highest BCUT2D eigenvalue weighted by molar-refractivity contribution is 5.33. The summed E-state index contributed by atoms with van der Waals surface area (Å²) in [5.41, 5.74) is 0.745. The molecule has 0 spiro atoms. The summed E-state index contributed by atoms with van der Waals surface area (Å²) in [5, 5.41) is 3.16. The Morgan fingerprint density at radius 2 is 2.31 bits per heavy atom. The molecule has 0 aliphatic heterocycles. The number of hydrogen-bond donors (Lipinski definition) is 1. The molecule has 0 saturated heterocycles. The molecule has 2 nitrogen and oxygen atoms in total. The predicted molar refractivity (Wildman–Crippen MR) is 62.8 cm³/mol. The molecule has 3 heteroatoms. The molecule has 0 aromatic heterocycles. The van der Waals surface area contributed by atoms with E-state index in [4.69, 9.17) is 11.2 Å². The summed E-state index contributed by atoms with van der Waals surface area (Å²) < 4.78 is 18.3. The zero-order valence-corrected chi connectivity index (χ0v) is 9.59. The van der Waals surface area contributed by atoms with Gasteiger partial charge in [-0.05, 0) is 30.7 Å². The van der Waals surface area contributed by atoms with E-state index in [1.165, 1.54) is 13.2 Å². The largest absolute Gasteiger partial charge is 0.494 e. The number of rotatable bonds is 5. The van der Waals surface area contributed by atoms with Crippen LogP contribution < -0.4 is 10.1 Å². The zero-order chi connectivity index (χ0) is 12.0. The molecular formula is C13H16FNO. The Morgan fingerprint density at radius 1 is 1.56 bits per heavy atom. The third kappa shape index (κ3) is 2.98. The van der Waals surface area contributed by atoms with Crippen molar-refractivity contribution in [2.45, 2.75) is 19.4 Å². The van der Waals surface area contributed by atoms with Crippen molar-refractivity contribution in [2.24, 2.45) is 0 Å². The van der Waals surface area contributed by atoms with Crippen LogP contribution in [0.1, 0.15) is 24.9 Å². The van der Waals surface area contributed by atoms with Gasteiger partial charge in [-0.2, -0.15) is 0 Å². The second kappa shape index (κ2) is 6.14. The number of nitrogens with one attached hydrogen (secondary N) is 1. The Morgan fingerprint density at radius 3 is 2.81 bits per heavy atom. The van der Waals surface area contributed by atoms with Crippen molar-refractivity contribution < 1.29 is 9.13 Å². The van der Waals surface area contributed by atoms with Crippen molar-refractivity contribution in [1.29, 1.82) is 0 Å². The van der Waals surface area contributed by atoms with E-state index in [1.807, 2.05) is 0 Å². The Balaban J connectivity index is 2.86. The van der Waals surface area contributed by atoms with Gasteiger partial charge in [0, 0.05) is 0 Å². The quantitative estimate of drug-likeness (QED) is 0.771. The first-order valence-electron chi connectivity index (χ1n) is 5.25. The number of hydrogen-bond acceptors (Lipinski definition) is 2. The molecule has 0 radical (unpaired) electrons. The van der Waals surface area contributed by atoms with Crippen molar-refractivity contribution in [3.8, 4) is 18.1 Å². The summed E-state index contributed by atoms with van der Waals surface area (Å²) in [6.45, 7) is 2.86. The second-order valence-electron chi connectivity index (χ2n) is 3.45. The van der Waals surface area contributed by atoms with E-state index in [0.29, 0.717) is 0 Å². The van der Waals surface area contributed by atoms with Crippen LogP contribution >= 0.6 is 0 Å². The van der Waals surface area contributed by atoms with Crippen molar-refractivity contribution in [3.05, 3.63) is 29.6 Å². The van der Waals surface area contributed by atoms with Crippen molar-refractivity contribution in [2.75, 3.05) is 13.7 Å². The summed E-state index contributed by atoms with van der Waals surface area (Å²) in [6.07, 6.45) is 6.38. The lowest BCUT2D eigenvalue weighted by molar-refractivity contribution is 0.386. The van der Waals surface area contributed by atoms with E-state index in [1.54, 1.807) is 12.1 Å². The minimum atomic E-state index is -0.390. The van der Waals surface area contributed by atoms with Gasteiger partial charge < -0.3 is 10.1 Å². The molecule has 0 fully saturated rings. The van der Waals surface area contributed by atoms with Crippen LogP contribution in [0.25, 0.3) is 0 Å². The van der Waals surface area contributed by atoms with Gasteiger partial charge in [0.05, 0.1) is 13.2 Å². The Kier molecular flexibility index (Phi) is 4.81. The molecule has 86 valence electrons. The molecule has 1 unspecified atom stereocenters. The first kappa shape index (κ1) is 12.5. The highest BCUT2D eigenvalue weighted by Gasteiger charge is 2.10. The maximum atomic E-state index is 13.4. The lowest BCUT2D eigenvalue weighted by atomic mass is 10.1. The minimum Gasteiger partial charge on any atom is -0.494 e. The zero-order valence-electron chi connectivity index (χ0n) is 9.59. The summed E-state index contributed by atoms with van der Waals surface area (Å²) in [5.74, 6) is 2.44. The summed E-state index contributed by atoms with van der Waals surface area (Å²) in [4.78, 5) is 0. The maximum Gasteiger partial charge on any atom is 0.165 e. The smallest absolute Gasteiger partial charge is 0.165 e. The fraction of sp³-hybridized carbons (Fsp3) is 0.385. The van der Waals surface area contributed by atoms with Gasteiger partial charge in [-0.15, -0.1) is 6.42 Å². The monoisotopic (exact) mass is 221 g/mol. The van der Waals surface area contributed by atoms with E-state index in [9.17, 15) is 4.39 Å². The lowest BCUT2D eigenvalue weighted by Crippen LogP contribution is -2.20. The molecule has 1 aromatic rings. The number of ether oxygens (including phenoxy) is 1. The van der Waals surface area contributed by atoms with Crippen LogP contribution in [0.4, 0.5) is 4.39 Å². The predicted octanol–water partition coefficient (Wildman–Crippen LogP) is 2.51. The summed E-state index contributed by atoms with van der Waals surface area (Å²) >= 11 is 0. The Labute approximate surface area is 95.8 Å². The van der Waals surface area contributed by atoms with Gasteiger partial charge in [-0.1, -0.05) is 18.9 Å². The highest BCUT2D eigenvalue weighted by atomic mass is 19.1. The van der Waals surface area contributed by atoms with Crippen LogP contribution in [-0.2, 0) is 0 Å². The SMILES string of the molecule is C#CC(NCCC)c1ccc(OC)c(F)c1. The number of terminal acetylenes is 1. The average Bonchev–Trinajstić information content (AvgIpc) is 2.30. The van der Waals surface area contributed by atoms with Crippen LogP contribution in [0.15, 0.2) is 18.2 Å². The Bertz CT molecular complexity index is 384. The van der Waals surface area contributed by atoms with Crippen molar-refractivity contribution in [3.63, 3.8) is 0 Å². The first-order valence-corrected chi connectivity index (χ1v) is 5.25. The topological polar surface area (TPSA) is 21.3 Å². The van der Waals surface area contributed by atoms with Gasteiger partial charge in [0.15, 0.2) is 11.6 Å². The van der Waals surface area contributed by atoms with Gasteiger partial charge in [0.2, 0.25) is 0 Å². The summed E-state index contributed by atoms with van der Waals surface area (Å²) in [7, 11) is 1.44. The third-order valence-electron chi connectivity index (χ3n) is 2.27. The second-order valence-corrected chi connectivity index (χ2v) is 3.45. The molecule has 0 bridgehead atoms. The van der Waals surface area contributed by atoms with Crippen molar-refractivity contribution in [1.82, 2.24) is 5.32 Å². The van der Waals surface area contributed by atoms with Crippen molar-refractivity contribution >= 4 is 0 Å². The van der Waals surface area contributed by atoms with E-state index in [0.717, 1.165) is 18.5 Å². The van der Waals surface area contributed by atoms with Gasteiger partial charge in [-0.25, -0.2) is 4.39 Å². The van der Waals surface area contributed by atoms with Crippen LogP contribution in [0.5, 0.6) is 5.75 Å². The molecule has 0 heterocycles. The van der Waals surface area contributed by atoms with Gasteiger partial charge in [0.25, 0.3) is 0 Å². The van der Waals surface area contributed by atoms with E-state index in [-0.39, 0.29) is 11.8 Å². The fourth-order valence-electron chi connectivity index (χ4n) is 1.42. The van der Waals surface area contributed by atoms with Gasteiger partial charge >= 0.3 is 0 Å². The molecular weight excluding hydrogens is 205 g/mol. The van der Waals surface area contributed by atoms with Crippen LogP contribution in [0, 0.1) is 18.2 Å². The fourth-order valence-corrected chi connectivity index (χ4v) is 1.42. The molecule has 1 aromatic carbocycles. The lowest BCUT2D eigenvalue weighted by Gasteiger charge is -2.13. The summed E-state index contributed by atoms with van der Waals surface area (Å²) in [6, 6.07) is 4.52. The van der Waals surface area contributed by atoms with E-state index < -0.39 is 5.82 Å². The molecule has 0 amide bonds. The molecule has 1 N–H and O–H groups in total. The molecule has 0 aliphatic carbocycles. The van der Waals surface area contributed by atoms with Crippen LogP contribution in [0.3, 0.4) is 0 Å². The molecule has 16 heavy (non-hydrogen) atoms. The highest BCUT2D eigenvalue weighted by Crippen LogP contribution is 2.21. The normalized spacial score (nSPS) is 11.9. The number of halogens is 1. The molecule has 1 rings (SSSR count). The number of benzene rings is 1. The minimum absolute atomic E-state index is 0.231. The van der Waals surface area contributed by atoms with E-state index in [2.05, 4.69) is 18.2 Å². The van der Waals surface area contributed by atoms with Crippen LogP contribution in [0.2, 0.25) is 0 Å². The Hall–Kier alpha value is -1.53. The standard InChI is InChI=1S/C13H16FNO/c1-4-8-15-12(5-2)10-6-7-13(16-3)11(14)9-10/h2,6-7,9,12,15H,4,8H2,1,3H3. The number of methoxy groups -OCH3 is 1.